The lowest BCUT2D eigenvalue weighted by molar-refractivity contribution is 0.882. The largest absolute Gasteiger partial charge is 0.330 e. The molecule has 0 spiro atoms. The number of nitrogens with zero attached hydrogens (tertiary/aromatic N) is 3. The van der Waals surface area contributed by atoms with Gasteiger partial charge in [0.1, 0.15) is 11.9 Å². The SMILES string of the molecule is Cc1ccc(-c2nc(C#N)c(C)n2C)c(C)c1. The van der Waals surface area contributed by atoms with E-state index in [1.54, 1.807) is 0 Å². The Morgan fingerprint density at radius 3 is 2.47 bits per heavy atom. The molecule has 0 N–H and O–H groups in total. The number of aromatic nitrogens is 2. The Morgan fingerprint density at radius 1 is 1.24 bits per heavy atom. The molecule has 0 aliphatic heterocycles. The molecule has 0 unspecified atom stereocenters. The highest BCUT2D eigenvalue weighted by Gasteiger charge is 2.13. The van der Waals surface area contributed by atoms with Crippen molar-refractivity contribution in [2.75, 3.05) is 0 Å². The van der Waals surface area contributed by atoms with Crippen LogP contribution in [-0.2, 0) is 7.05 Å². The van der Waals surface area contributed by atoms with Crippen LogP contribution in [0.1, 0.15) is 22.5 Å². The number of imidazole rings is 1. The maximum absolute atomic E-state index is 8.99. The van der Waals surface area contributed by atoms with Gasteiger partial charge in [-0.2, -0.15) is 5.26 Å². The van der Waals surface area contributed by atoms with Crippen LogP contribution in [-0.4, -0.2) is 9.55 Å². The summed E-state index contributed by atoms with van der Waals surface area (Å²) in [6, 6.07) is 8.39. The van der Waals surface area contributed by atoms with E-state index in [9.17, 15) is 0 Å². The minimum Gasteiger partial charge on any atom is -0.330 e. The van der Waals surface area contributed by atoms with Crippen LogP contribution in [0.25, 0.3) is 11.4 Å². The first-order valence-corrected chi connectivity index (χ1v) is 5.55. The smallest absolute Gasteiger partial charge is 0.162 e. The second-order valence-corrected chi connectivity index (χ2v) is 4.36. The van der Waals surface area contributed by atoms with Crippen LogP contribution in [0.3, 0.4) is 0 Å². The van der Waals surface area contributed by atoms with Crippen LogP contribution in [0, 0.1) is 32.1 Å². The highest BCUT2D eigenvalue weighted by atomic mass is 15.1. The van der Waals surface area contributed by atoms with E-state index in [1.165, 1.54) is 11.1 Å². The van der Waals surface area contributed by atoms with Gasteiger partial charge in [-0.05, 0) is 26.3 Å². The average Bonchev–Trinajstić information content (AvgIpc) is 2.57. The van der Waals surface area contributed by atoms with E-state index < -0.39 is 0 Å². The molecule has 1 heterocycles. The van der Waals surface area contributed by atoms with Gasteiger partial charge in [-0.25, -0.2) is 4.98 Å². The zero-order chi connectivity index (χ0) is 12.6. The van der Waals surface area contributed by atoms with Crippen LogP contribution in [0.15, 0.2) is 18.2 Å². The number of hydrogen-bond donors (Lipinski definition) is 0. The van der Waals surface area contributed by atoms with E-state index in [-0.39, 0.29) is 0 Å². The fourth-order valence-corrected chi connectivity index (χ4v) is 1.99. The molecule has 0 radical (unpaired) electrons. The summed E-state index contributed by atoms with van der Waals surface area (Å²) in [5.74, 6) is 0.858. The fraction of sp³-hybridized carbons (Fsp3) is 0.286. The molecule has 1 aromatic heterocycles. The van der Waals surface area contributed by atoms with E-state index in [0.717, 1.165) is 17.1 Å². The second kappa shape index (κ2) is 4.06. The number of rotatable bonds is 1. The molecule has 0 saturated carbocycles. The lowest BCUT2D eigenvalue weighted by Gasteiger charge is -2.07. The first-order chi connectivity index (χ1) is 8.04. The van der Waals surface area contributed by atoms with Gasteiger partial charge < -0.3 is 4.57 Å². The normalized spacial score (nSPS) is 10.3. The van der Waals surface area contributed by atoms with Crippen LogP contribution in [0.5, 0.6) is 0 Å². The monoisotopic (exact) mass is 225 g/mol. The van der Waals surface area contributed by atoms with Gasteiger partial charge in [0.2, 0.25) is 0 Å². The quantitative estimate of drug-likeness (QED) is 0.748. The minimum absolute atomic E-state index is 0.502. The summed E-state index contributed by atoms with van der Waals surface area (Å²) in [6.07, 6.45) is 0. The Labute approximate surface area is 101 Å². The summed E-state index contributed by atoms with van der Waals surface area (Å²) >= 11 is 0. The molecule has 3 nitrogen and oxygen atoms in total. The third-order valence-electron chi connectivity index (χ3n) is 3.11. The van der Waals surface area contributed by atoms with Crippen molar-refractivity contribution in [1.29, 1.82) is 5.26 Å². The number of hydrogen-bond acceptors (Lipinski definition) is 2. The van der Waals surface area contributed by atoms with Crippen molar-refractivity contribution in [3.05, 3.63) is 40.7 Å². The van der Waals surface area contributed by atoms with Gasteiger partial charge in [0.05, 0.1) is 5.69 Å². The summed E-state index contributed by atoms with van der Waals surface area (Å²) in [6.45, 7) is 6.05. The Morgan fingerprint density at radius 2 is 1.94 bits per heavy atom. The first-order valence-electron chi connectivity index (χ1n) is 5.55. The van der Waals surface area contributed by atoms with E-state index in [0.29, 0.717) is 5.69 Å². The van der Waals surface area contributed by atoms with Crippen molar-refractivity contribution in [3.8, 4) is 17.5 Å². The molecule has 2 aromatic rings. The highest BCUT2D eigenvalue weighted by Crippen LogP contribution is 2.24. The molecule has 0 fully saturated rings. The van der Waals surface area contributed by atoms with Crippen molar-refractivity contribution >= 4 is 0 Å². The number of benzene rings is 1. The minimum atomic E-state index is 0.502. The Kier molecular flexibility index (Phi) is 2.72. The molecule has 0 aliphatic rings. The lowest BCUT2D eigenvalue weighted by atomic mass is 10.1. The molecular formula is C14H15N3. The molecule has 0 saturated heterocycles. The molecule has 0 bridgehead atoms. The zero-order valence-electron chi connectivity index (χ0n) is 10.6. The van der Waals surface area contributed by atoms with E-state index in [2.05, 4.69) is 43.1 Å². The highest BCUT2D eigenvalue weighted by molar-refractivity contribution is 5.62. The van der Waals surface area contributed by atoms with Crippen LogP contribution < -0.4 is 0 Å². The third kappa shape index (κ3) is 1.83. The van der Waals surface area contributed by atoms with Crippen molar-refractivity contribution in [2.45, 2.75) is 20.8 Å². The molecule has 0 amide bonds. The molecule has 0 aliphatic carbocycles. The van der Waals surface area contributed by atoms with Gasteiger partial charge >= 0.3 is 0 Å². The maximum atomic E-state index is 8.99. The average molecular weight is 225 g/mol. The predicted molar refractivity (Wildman–Crippen MR) is 67.6 cm³/mol. The van der Waals surface area contributed by atoms with Gasteiger partial charge in [0, 0.05) is 12.6 Å². The Bertz CT molecular complexity index is 615. The summed E-state index contributed by atoms with van der Waals surface area (Å²) in [5.41, 5.74) is 4.91. The molecule has 0 atom stereocenters. The standard InChI is InChI=1S/C14H15N3/c1-9-5-6-12(10(2)7-9)14-16-13(8-15)11(3)17(14)4/h5-7H,1-4H3. The predicted octanol–water partition coefficient (Wildman–Crippen LogP) is 2.88. The topological polar surface area (TPSA) is 41.6 Å². The second-order valence-electron chi connectivity index (χ2n) is 4.36. The van der Waals surface area contributed by atoms with Crippen LogP contribution in [0.4, 0.5) is 0 Å². The van der Waals surface area contributed by atoms with Crippen LogP contribution in [0.2, 0.25) is 0 Å². The van der Waals surface area contributed by atoms with Gasteiger partial charge in [0.15, 0.2) is 5.69 Å². The van der Waals surface area contributed by atoms with Crippen molar-refractivity contribution in [1.82, 2.24) is 9.55 Å². The summed E-state index contributed by atoms with van der Waals surface area (Å²) in [5, 5.41) is 8.99. The van der Waals surface area contributed by atoms with Gasteiger partial charge in [-0.15, -0.1) is 0 Å². The van der Waals surface area contributed by atoms with E-state index in [4.69, 9.17) is 5.26 Å². The maximum Gasteiger partial charge on any atom is 0.162 e. The van der Waals surface area contributed by atoms with Crippen LogP contribution >= 0.6 is 0 Å². The number of aryl methyl sites for hydroxylation is 2. The first kappa shape index (κ1) is 11.4. The van der Waals surface area contributed by atoms with Gasteiger partial charge in [-0.3, -0.25) is 0 Å². The molecule has 17 heavy (non-hydrogen) atoms. The van der Waals surface area contributed by atoms with Gasteiger partial charge in [0.25, 0.3) is 0 Å². The molecule has 86 valence electrons. The summed E-state index contributed by atoms with van der Waals surface area (Å²) in [4.78, 5) is 4.39. The Balaban J connectivity index is 2.65. The third-order valence-corrected chi connectivity index (χ3v) is 3.11. The van der Waals surface area contributed by atoms with E-state index in [1.807, 2.05) is 18.5 Å². The zero-order valence-corrected chi connectivity index (χ0v) is 10.6. The number of nitriles is 1. The van der Waals surface area contributed by atoms with E-state index >= 15 is 0 Å². The molecule has 1 aromatic carbocycles. The summed E-state index contributed by atoms with van der Waals surface area (Å²) < 4.78 is 1.97. The van der Waals surface area contributed by atoms with Gasteiger partial charge in [-0.1, -0.05) is 23.8 Å². The molecular weight excluding hydrogens is 210 g/mol. The Hall–Kier alpha value is -2.08. The van der Waals surface area contributed by atoms with Crippen molar-refractivity contribution in [3.63, 3.8) is 0 Å². The lowest BCUT2D eigenvalue weighted by Crippen LogP contribution is -1.96. The van der Waals surface area contributed by atoms with Crippen molar-refractivity contribution < 1.29 is 0 Å². The molecule has 3 heteroatoms. The summed E-state index contributed by atoms with van der Waals surface area (Å²) in [7, 11) is 1.94. The molecule has 2 rings (SSSR count). The van der Waals surface area contributed by atoms with Crippen molar-refractivity contribution in [2.24, 2.45) is 7.05 Å². The fourth-order valence-electron chi connectivity index (χ4n) is 1.99.